The van der Waals surface area contributed by atoms with Gasteiger partial charge in [-0.05, 0) is 28.1 Å². The van der Waals surface area contributed by atoms with Crippen molar-refractivity contribution in [1.29, 1.82) is 5.26 Å². The van der Waals surface area contributed by atoms with Gasteiger partial charge in [0, 0.05) is 6.08 Å². The van der Waals surface area contributed by atoms with Crippen molar-refractivity contribution in [2.75, 3.05) is 0 Å². The highest BCUT2D eigenvalue weighted by molar-refractivity contribution is 9.10. The molecule has 1 aromatic rings. The smallest absolute Gasteiger partial charge is 0.169 e. The van der Waals surface area contributed by atoms with Crippen LogP contribution in [-0.2, 0) is 0 Å². The molecular weight excluding hydrogens is 229 g/mol. The molecule has 0 aromatic carbocycles. The molecule has 0 radical (unpaired) electrons. The first-order valence-electron chi connectivity index (χ1n) is 2.75. The van der Waals surface area contributed by atoms with Crippen LogP contribution in [0, 0.1) is 11.3 Å². The summed E-state index contributed by atoms with van der Waals surface area (Å²) in [5, 5.41) is 8.54. The second-order valence-electron chi connectivity index (χ2n) is 1.73. The third-order valence-electron chi connectivity index (χ3n) is 1.000. The highest BCUT2D eigenvalue weighted by Crippen LogP contribution is 2.23. The van der Waals surface area contributed by atoms with Crippen molar-refractivity contribution < 1.29 is 4.42 Å². The fourth-order valence-corrected chi connectivity index (χ4v) is 1.03. The Labute approximate surface area is 77.2 Å². The standard InChI is InChI=1S/C7H3BrClNO/c8-7-2-1-6(11-7)5(9)3-4-10/h1-3H/b5-3-. The second-order valence-corrected chi connectivity index (χ2v) is 2.91. The Kier molecular flexibility index (Phi) is 2.75. The van der Waals surface area contributed by atoms with Crippen LogP contribution in [0.1, 0.15) is 5.76 Å². The maximum atomic E-state index is 8.24. The molecule has 11 heavy (non-hydrogen) atoms. The third-order valence-corrected chi connectivity index (χ3v) is 1.72. The fourth-order valence-electron chi connectivity index (χ4n) is 0.570. The van der Waals surface area contributed by atoms with E-state index in [0.717, 1.165) is 0 Å². The molecule has 0 spiro atoms. The Bertz CT molecular complexity index is 323. The van der Waals surface area contributed by atoms with Gasteiger partial charge in [-0.25, -0.2) is 0 Å². The van der Waals surface area contributed by atoms with Crippen LogP contribution in [0.5, 0.6) is 0 Å². The minimum absolute atomic E-state index is 0.304. The minimum atomic E-state index is 0.304. The van der Waals surface area contributed by atoms with Gasteiger partial charge in [0.05, 0.1) is 11.1 Å². The van der Waals surface area contributed by atoms with Crippen molar-refractivity contribution >= 4 is 32.6 Å². The Hall–Kier alpha value is -0.720. The number of nitriles is 1. The van der Waals surface area contributed by atoms with Crippen molar-refractivity contribution in [2.45, 2.75) is 0 Å². The number of hydrogen-bond acceptors (Lipinski definition) is 2. The quantitative estimate of drug-likeness (QED) is 0.698. The first kappa shape index (κ1) is 8.38. The number of nitrogens with zero attached hydrogens (tertiary/aromatic N) is 1. The molecule has 0 fully saturated rings. The average molecular weight is 232 g/mol. The molecular formula is C7H3BrClNO. The summed E-state index contributed by atoms with van der Waals surface area (Å²) in [7, 11) is 0. The van der Waals surface area contributed by atoms with E-state index in [9.17, 15) is 0 Å². The SMILES string of the molecule is N#C/C=C(\Cl)c1ccc(Br)o1. The molecule has 0 aliphatic heterocycles. The lowest BCUT2D eigenvalue weighted by molar-refractivity contribution is 0.530. The molecule has 0 amide bonds. The summed E-state index contributed by atoms with van der Waals surface area (Å²) in [6.07, 6.45) is 1.22. The van der Waals surface area contributed by atoms with Gasteiger partial charge < -0.3 is 4.42 Å². The van der Waals surface area contributed by atoms with Gasteiger partial charge >= 0.3 is 0 Å². The van der Waals surface area contributed by atoms with Crippen molar-refractivity contribution in [3.05, 3.63) is 28.6 Å². The molecule has 0 unspecified atom stereocenters. The zero-order valence-corrected chi connectivity index (χ0v) is 7.69. The molecule has 0 aliphatic carbocycles. The molecule has 0 bridgehead atoms. The summed E-state index contributed by atoms with van der Waals surface area (Å²) in [5.74, 6) is 0.486. The average Bonchev–Trinajstić information content (AvgIpc) is 2.36. The van der Waals surface area contributed by atoms with Crippen LogP contribution in [-0.4, -0.2) is 0 Å². The molecule has 1 aromatic heterocycles. The monoisotopic (exact) mass is 231 g/mol. The second kappa shape index (κ2) is 3.61. The Morgan fingerprint density at radius 2 is 2.45 bits per heavy atom. The summed E-state index contributed by atoms with van der Waals surface area (Å²) in [6, 6.07) is 5.20. The summed E-state index contributed by atoms with van der Waals surface area (Å²) in [6.45, 7) is 0. The molecule has 4 heteroatoms. The predicted molar refractivity (Wildman–Crippen MR) is 45.9 cm³/mol. The van der Waals surface area contributed by atoms with Crippen LogP contribution in [0.2, 0.25) is 0 Å². The Morgan fingerprint density at radius 1 is 1.73 bits per heavy atom. The summed E-state index contributed by atoms with van der Waals surface area (Å²) < 4.78 is 5.66. The van der Waals surface area contributed by atoms with Gasteiger partial charge in [-0.15, -0.1) is 0 Å². The van der Waals surface area contributed by atoms with E-state index in [1.54, 1.807) is 18.2 Å². The van der Waals surface area contributed by atoms with E-state index in [1.165, 1.54) is 6.08 Å². The number of rotatable bonds is 1. The Balaban J connectivity index is 2.95. The van der Waals surface area contributed by atoms with Gasteiger partial charge in [0.15, 0.2) is 4.67 Å². The van der Waals surface area contributed by atoms with Crippen LogP contribution in [0.3, 0.4) is 0 Å². The molecule has 0 saturated carbocycles. The van der Waals surface area contributed by atoms with Gasteiger partial charge in [-0.3, -0.25) is 0 Å². The molecule has 1 heterocycles. The lowest BCUT2D eigenvalue weighted by Crippen LogP contribution is -1.66. The number of hydrogen-bond donors (Lipinski definition) is 0. The maximum absolute atomic E-state index is 8.24. The normalized spacial score (nSPS) is 11.2. The number of furan rings is 1. The van der Waals surface area contributed by atoms with Crippen molar-refractivity contribution in [2.24, 2.45) is 0 Å². The number of allylic oxidation sites excluding steroid dienone is 1. The van der Waals surface area contributed by atoms with Crippen LogP contribution < -0.4 is 0 Å². The zero-order chi connectivity index (χ0) is 8.27. The molecule has 0 N–H and O–H groups in total. The molecule has 56 valence electrons. The summed E-state index contributed by atoms with van der Waals surface area (Å²) >= 11 is 8.76. The topological polar surface area (TPSA) is 36.9 Å². The van der Waals surface area contributed by atoms with Gasteiger partial charge in [-0.1, -0.05) is 11.6 Å². The van der Waals surface area contributed by atoms with E-state index in [1.807, 2.05) is 0 Å². The van der Waals surface area contributed by atoms with E-state index in [0.29, 0.717) is 15.5 Å². The first-order valence-corrected chi connectivity index (χ1v) is 3.92. The summed E-state index contributed by atoms with van der Waals surface area (Å²) in [4.78, 5) is 0. The highest BCUT2D eigenvalue weighted by atomic mass is 79.9. The lowest BCUT2D eigenvalue weighted by atomic mass is 10.4. The minimum Gasteiger partial charge on any atom is -0.448 e. The van der Waals surface area contributed by atoms with Crippen molar-refractivity contribution in [3.63, 3.8) is 0 Å². The molecule has 0 atom stereocenters. The van der Waals surface area contributed by atoms with E-state index in [4.69, 9.17) is 21.3 Å². The van der Waals surface area contributed by atoms with Crippen LogP contribution >= 0.6 is 27.5 Å². The van der Waals surface area contributed by atoms with E-state index < -0.39 is 0 Å². The highest BCUT2D eigenvalue weighted by Gasteiger charge is 2.02. The zero-order valence-electron chi connectivity index (χ0n) is 5.34. The van der Waals surface area contributed by atoms with Crippen LogP contribution in [0.15, 0.2) is 27.3 Å². The van der Waals surface area contributed by atoms with E-state index in [-0.39, 0.29) is 0 Å². The van der Waals surface area contributed by atoms with Crippen LogP contribution in [0.25, 0.3) is 5.03 Å². The third kappa shape index (κ3) is 2.11. The molecule has 0 aliphatic rings. The molecule has 2 nitrogen and oxygen atoms in total. The number of halogens is 2. The van der Waals surface area contributed by atoms with Gasteiger partial charge in [-0.2, -0.15) is 5.26 Å². The van der Waals surface area contributed by atoms with Gasteiger partial charge in [0.2, 0.25) is 0 Å². The van der Waals surface area contributed by atoms with E-state index in [2.05, 4.69) is 15.9 Å². The fraction of sp³-hybridized carbons (Fsp3) is 0. The first-order chi connectivity index (χ1) is 5.24. The maximum Gasteiger partial charge on any atom is 0.169 e. The Morgan fingerprint density at radius 3 is 2.91 bits per heavy atom. The molecule has 1 rings (SSSR count). The van der Waals surface area contributed by atoms with Crippen molar-refractivity contribution in [3.8, 4) is 6.07 Å². The van der Waals surface area contributed by atoms with Crippen molar-refractivity contribution in [1.82, 2.24) is 0 Å². The van der Waals surface area contributed by atoms with Crippen LogP contribution in [0.4, 0.5) is 0 Å². The predicted octanol–water partition coefficient (Wildman–Crippen LogP) is 3.15. The molecule has 0 saturated heterocycles. The largest absolute Gasteiger partial charge is 0.448 e. The van der Waals surface area contributed by atoms with Gasteiger partial charge in [0.1, 0.15) is 5.76 Å². The summed E-state index contributed by atoms with van der Waals surface area (Å²) in [5.41, 5.74) is 0. The van der Waals surface area contributed by atoms with E-state index >= 15 is 0 Å². The van der Waals surface area contributed by atoms with Gasteiger partial charge in [0.25, 0.3) is 0 Å². The lowest BCUT2D eigenvalue weighted by Gasteiger charge is -1.87.